The van der Waals surface area contributed by atoms with E-state index >= 15 is 0 Å². The van der Waals surface area contributed by atoms with Gasteiger partial charge in [0.25, 0.3) is 5.91 Å². The molecule has 0 radical (unpaired) electrons. The minimum atomic E-state index is -1.02. The molecule has 0 unspecified atom stereocenters. The molecule has 4 nitrogen and oxygen atoms in total. The van der Waals surface area contributed by atoms with Gasteiger partial charge in [-0.2, -0.15) is 0 Å². The SMILES string of the molecule is NC(=O)c1cc(-c2ccc(-c3cc(F)c(O)c(F)c3)cc2)ccn1. The molecule has 3 aromatic rings. The third kappa shape index (κ3) is 2.94. The molecule has 3 rings (SSSR count). The summed E-state index contributed by atoms with van der Waals surface area (Å²) in [5, 5.41) is 9.15. The van der Waals surface area contributed by atoms with E-state index in [0.29, 0.717) is 11.1 Å². The second-order valence-corrected chi connectivity index (χ2v) is 5.16. The fraction of sp³-hybridized carbons (Fsp3) is 0. The Kier molecular flexibility index (Phi) is 3.95. The van der Waals surface area contributed by atoms with E-state index in [1.165, 1.54) is 6.20 Å². The van der Waals surface area contributed by atoms with Crippen molar-refractivity contribution in [1.82, 2.24) is 4.98 Å². The molecule has 3 N–H and O–H groups in total. The third-order valence-corrected chi connectivity index (χ3v) is 3.58. The fourth-order valence-corrected chi connectivity index (χ4v) is 2.33. The van der Waals surface area contributed by atoms with E-state index < -0.39 is 23.3 Å². The highest BCUT2D eigenvalue weighted by Gasteiger charge is 2.11. The Morgan fingerprint density at radius 1 is 0.875 bits per heavy atom. The molecule has 0 aliphatic heterocycles. The molecule has 0 spiro atoms. The minimum Gasteiger partial charge on any atom is -0.503 e. The maximum Gasteiger partial charge on any atom is 0.267 e. The molecule has 0 aliphatic rings. The summed E-state index contributed by atoms with van der Waals surface area (Å²) in [4.78, 5) is 15.1. The van der Waals surface area contributed by atoms with E-state index in [1.807, 2.05) is 0 Å². The number of rotatable bonds is 3. The van der Waals surface area contributed by atoms with Gasteiger partial charge >= 0.3 is 0 Å². The number of aromatic nitrogens is 1. The first-order chi connectivity index (χ1) is 11.5. The normalized spacial score (nSPS) is 10.6. The van der Waals surface area contributed by atoms with Gasteiger partial charge in [0.1, 0.15) is 5.69 Å². The summed E-state index contributed by atoms with van der Waals surface area (Å²) < 4.78 is 26.9. The molecule has 1 amide bonds. The number of pyridine rings is 1. The lowest BCUT2D eigenvalue weighted by molar-refractivity contribution is 0.0995. The molecular weight excluding hydrogens is 314 g/mol. The van der Waals surface area contributed by atoms with Crippen molar-refractivity contribution in [2.75, 3.05) is 0 Å². The quantitative estimate of drug-likeness (QED) is 0.773. The fourth-order valence-electron chi connectivity index (χ4n) is 2.33. The van der Waals surface area contributed by atoms with Crippen LogP contribution in [-0.4, -0.2) is 16.0 Å². The highest BCUT2D eigenvalue weighted by Crippen LogP contribution is 2.29. The number of hydrogen-bond acceptors (Lipinski definition) is 3. The van der Waals surface area contributed by atoms with Crippen LogP contribution in [0.3, 0.4) is 0 Å². The van der Waals surface area contributed by atoms with Crippen molar-refractivity contribution in [2.24, 2.45) is 5.73 Å². The summed E-state index contributed by atoms with van der Waals surface area (Å²) in [6.07, 6.45) is 1.48. The Morgan fingerprint density at radius 2 is 1.42 bits per heavy atom. The Labute approximate surface area is 136 Å². The molecule has 0 atom stereocenters. The molecule has 0 fully saturated rings. The van der Waals surface area contributed by atoms with Gasteiger partial charge in [-0.25, -0.2) is 8.78 Å². The summed E-state index contributed by atoms with van der Waals surface area (Å²) in [6.45, 7) is 0. The monoisotopic (exact) mass is 326 g/mol. The summed E-state index contributed by atoms with van der Waals surface area (Å²) in [6, 6.07) is 12.3. The van der Waals surface area contributed by atoms with Crippen molar-refractivity contribution in [3.63, 3.8) is 0 Å². The average molecular weight is 326 g/mol. The van der Waals surface area contributed by atoms with E-state index in [1.54, 1.807) is 36.4 Å². The van der Waals surface area contributed by atoms with Crippen LogP contribution < -0.4 is 5.73 Å². The molecule has 0 saturated heterocycles. The van der Waals surface area contributed by atoms with Crippen LogP contribution >= 0.6 is 0 Å². The Bertz CT molecular complexity index is 902. The van der Waals surface area contributed by atoms with Gasteiger partial charge in [-0.3, -0.25) is 9.78 Å². The van der Waals surface area contributed by atoms with Crippen molar-refractivity contribution in [2.45, 2.75) is 0 Å². The summed E-state index contributed by atoms with van der Waals surface area (Å²) in [5.41, 5.74) is 7.79. The van der Waals surface area contributed by atoms with Crippen molar-refractivity contribution < 1.29 is 18.7 Å². The number of nitrogens with zero attached hydrogens (tertiary/aromatic N) is 1. The molecule has 0 saturated carbocycles. The molecule has 24 heavy (non-hydrogen) atoms. The van der Waals surface area contributed by atoms with Crippen LogP contribution in [-0.2, 0) is 0 Å². The molecular formula is C18H12F2N2O2. The number of aromatic hydroxyl groups is 1. The van der Waals surface area contributed by atoms with Crippen LogP contribution in [0.25, 0.3) is 22.3 Å². The largest absolute Gasteiger partial charge is 0.503 e. The van der Waals surface area contributed by atoms with Gasteiger partial charge in [0.05, 0.1) is 0 Å². The second kappa shape index (κ2) is 6.08. The van der Waals surface area contributed by atoms with Crippen molar-refractivity contribution in [3.05, 3.63) is 72.1 Å². The number of carbonyl (C=O) groups is 1. The lowest BCUT2D eigenvalue weighted by Crippen LogP contribution is -2.12. The highest BCUT2D eigenvalue weighted by molar-refractivity contribution is 5.92. The van der Waals surface area contributed by atoms with Crippen LogP contribution in [0.2, 0.25) is 0 Å². The van der Waals surface area contributed by atoms with E-state index in [-0.39, 0.29) is 5.69 Å². The molecule has 0 aliphatic carbocycles. The van der Waals surface area contributed by atoms with Crippen molar-refractivity contribution in [3.8, 4) is 28.0 Å². The number of primary amides is 1. The third-order valence-electron chi connectivity index (χ3n) is 3.58. The van der Waals surface area contributed by atoms with Gasteiger partial charge < -0.3 is 10.8 Å². The smallest absolute Gasteiger partial charge is 0.267 e. The van der Waals surface area contributed by atoms with Crippen LogP contribution in [0.5, 0.6) is 5.75 Å². The lowest BCUT2D eigenvalue weighted by atomic mass is 10.00. The minimum absolute atomic E-state index is 0.152. The van der Waals surface area contributed by atoms with Gasteiger partial charge in [0.15, 0.2) is 17.4 Å². The summed E-state index contributed by atoms with van der Waals surface area (Å²) >= 11 is 0. The Balaban J connectivity index is 1.97. The highest BCUT2D eigenvalue weighted by atomic mass is 19.1. The number of phenolic OH excluding ortho intramolecular Hbond substituents is 1. The molecule has 120 valence electrons. The predicted octanol–water partition coefficient (Wildman–Crippen LogP) is 3.50. The maximum absolute atomic E-state index is 13.4. The van der Waals surface area contributed by atoms with Crippen LogP contribution in [0.4, 0.5) is 8.78 Å². The second-order valence-electron chi connectivity index (χ2n) is 5.16. The predicted molar refractivity (Wildman–Crippen MR) is 85.2 cm³/mol. The van der Waals surface area contributed by atoms with Crippen molar-refractivity contribution in [1.29, 1.82) is 0 Å². The zero-order chi connectivity index (χ0) is 17.3. The Hall–Kier alpha value is -3.28. The maximum atomic E-state index is 13.4. The number of hydrogen-bond donors (Lipinski definition) is 2. The first-order valence-electron chi connectivity index (χ1n) is 7.00. The zero-order valence-corrected chi connectivity index (χ0v) is 12.3. The van der Waals surface area contributed by atoms with Gasteiger partial charge in [-0.1, -0.05) is 24.3 Å². The summed E-state index contributed by atoms with van der Waals surface area (Å²) in [5.74, 6) is -3.65. The van der Waals surface area contributed by atoms with E-state index in [9.17, 15) is 13.6 Å². The van der Waals surface area contributed by atoms with E-state index in [0.717, 1.165) is 23.3 Å². The first kappa shape index (κ1) is 15.6. The zero-order valence-electron chi connectivity index (χ0n) is 12.3. The standard InChI is InChI=1S/C18H12F2N2O2/c19-14-7-13(8-15(20)17(14)23)11-3-1-10(2-4-11)12-5-6-22-16(9-12)18(21)24/h1-9,23H,(H2,21,24). The number of carbonyl (C=O) groups excluding carboxylic acids is 1. The van der Waals surface area contributed by atoms with Gasteiger partial charge in [-0.15, -0.1) is 0 Å². The lowest BCUT2D eigenvalue weighted by Gasteiger charge is -2.07. The molecule has 2 aromatic carbocycles. The van der Waals surface area contributed by atoms with Crippen LogP contribution in [0, 0.1) is 11.6 Å². The number of halogens is 2. The van der Waals surface area contributed by atoms with Gasteiger partial charge in [-0.05, 0) is 46.5 Å². The van der Waals surface area contributed by atoms with Gasteiger partial charge in [0.2, 0.25) is 0 Å². The van der Waals surface area contributed by atoms with Crippen LogP contribution in [0.15, 0.2) is 54.7 Å². The number of phenols is 1. The van der Waals surface area contributed by atoms with Crippen molar-refractivity contribution >= 4 is 5.91 Å². The number of benzene rings is 2. The molecule has 6 heteroatoms. The van der Waals surface area contributed by atoms with Crippen LogP contribution in [0.1, 0.15) is 10.5 Å². The topological polar surface area (TPSA) is 76.2 Å². The number of amides is 1. The number of nitrogens with two attached hydrogens (primary N) is 1. The van der Waals surface area contributed by atoms with E-state index in [4.69, 9.17) is 10.8 Å². The Morgan fingerprint density at radius 3 is 1.96 bits per heavy atom. The molecule has 0 bridgehead atoms. The first-order valence-corrected chi connectivity index (χ1v) is 7.00. The molecule has 1 aromatic heterocycles. The average Bonchev–Trinajstić information content (AvgIpc) is 2.59. The molecule has 1 heterocycles. The van der Waals surface area contributed by atoms with Gasteiger partial charge in [0, 0.05) is 6.20 Å². The summed E-state index contributed by atoms with van der Waals surface area (Å²) in [7, 11) is 0. The van der Waals surface area contributed by atoms with E-state index in [2.05, 4.69) is 4.98 Å².